The summed E-state index contributed by atoms with van der Waals surface area (Å²) < 4.78 is 10.5. The van der Waals surface area contributed by atoms with Crippen molar-refractivity contribution in [3.05, 3.63) is 0 Å². The van der Waals surface area contributed by atoms with Crippen LogP contribution in [0, 0.1) is 5.92 Å². The first-order chi connectivity index (χ1) is 10.2. The predicted octanol–water partition coefficient (Wildman–Crippen LogP) is 0.545. The summed E-state index contributed by atoms with van der Waals surface area (Å²) in [6, 6.07) is 0.523. The fourth-order valence-electron chi connectivity index (χ4n) is 2.55. The van der Waals surface area contributed by atoms with Crippen molar-refractivity contribution in [3.8, 4) is 0 Å². The first kappa shape index (κ1) is 18.2. The molecule has 1 aliphatic heterocycles. The van der Waals surface area contributed by atoms with Crippen LogP contribution in [-0.2, 0) is 9.47 Å². The molecule has 1 rings (SSSR count). The lowest BCUT2D eigenvalue weighted by Gasteiger charge is -2.35. The molecule has 0 aromatic heterocycles. The third-order valence-corrected chi connectivity index (χ3v) is 3.63. The average Bonchev–Trinajstić information content (AvgIpc) is 2.50. The van der Waals surface area contributed by atoms with E-state index in [1.807, 2.05) is 0 Å². The topological polar surface area (TPSA) is 58.1 Å². The number of guanidine groups is 1. The van der Waals surface area contributed by atoms with Crippen LogP contribution in [0.25, 0.3) is 0 Å². The third kappa shape index (κ3) is 7.64. The summed E-state index contributed by atoms with van der Waals surface area (Å²) in [4.78, 5) is 6.78. The number of rotatable bonds is 8. The van der Waals surface area contributed by atoms with Gasteiger partial charge in [-0.25, -0.2) is 0 Å². The molecule has 0 aromatic rings. The average molecular weight is 300 g/mol. The van der Waals surface area contributed by atoms with E-state index in [2.05, 4.69) is 34.4 Å². The summed E-state index contributed by atoms with van der Waals surface area (Å²) in [6.07, 6.45) is 1.18. The molecule has 1 unspecified atom stereocenters. The molecular formula is C15H32N4O2. The number of aliphatic imine (C=N–C) groups is 1. The zero-order valence-corrected chi connectivity index (χ0v) is 14.0. The Morgan fingerprint density at radius 3 is 2.57 bits per heavy atom. The molecule has 1 heterocycles. The number of hydrogen-bond acceptors (Lipinski definition) is 4. The van der Waals surface area contributed by atoms with Crippen LogP contribution >= 0.6 is 0 Å². The van der Waals surface area contributed by atoms with Gasteiger partial charge < -0.3 is 20.1 Å². The molecule has 0 bridgehead atoms. The third-order valence-electron chi connectivity index (χ3n) is 3.63. The summed E-state index contributed by atoms with van der Waals surface area (Å²) in [5, 5.41) is 6.68. The van der Waals surface area contributed by atoms with E-state index in [0.717, 1.165) is 45.4 Å². The van der Waals surface area contributed by atoms with E-state index in [1.165, 1.54) is 6.42 Å². The Bertz CT molecular complexity index is 291. The van der Waals surface area contributed by atoms with Gasteiger partial charge in [-0.05, 0) is 12.3 Å². The highest BCUT2D eigenvalue weighted by molar-refractivity contribution is 5.79. The number of hydrogen-bond donors (Lipinski definition) is 2. The molecule has 0 aliphatic carbocycles. The molecule has 0 radical (unpaired) electrons. The van der Waals surface area contributed by atoms with E-state index in [1.54, 1.807) is 14.2 Å². The van der Waals surface area contributed by atoms with Crippen molar-refractivity contribution in [3.63, 3.8) is 0 Å². The van der Waals surface area contributed by atoms with Gasteiger partial charge in [0.2, 0.25) is 0 Å². The van der Waals surface area contributed by atoms with Crippen LogP contribution in [0.4, 0.5) is 0 Å². The van der Waals surface area contributed by atoms with E-state index in [9.17, 15) is 0 Å². The Hall–Kier alpha value is -0.850. The van der Waals surface area contributed by atoms with E-state index in [4.69, 9.17) is 9.47 Å². The van der Waals surface area contributed by atoms with Crippen LogP contribution in [0.3, 0.4) is 0 Å². The van der Waals surface area contributed by atoms with Crippen molar-refractivity contribution >= 4 is 5.96 Å². The molecule has 0 spiro atoms. The van der Waals surface area contributed by atoms with Gasteiger partial charge in [0.15, 0.2) is 5.96 Å². The molecule has 21 heavy (non-hydrogen) atoms. The van der Waals surface area contributed by atoms with Crippen LogP contribution in [0.2, 0.25) is 0 Å². The first-order valence-corrected chi connectivity index (χ1v) is 7.92. The fourth-order valence-corrected chi connectivity index (χ4v) is 2.55. The second-order valence-corrected chi connectivity index (χ2v) is 5.80. The molecule has 0 saturated carbocycles. The number of ether oxygens (including phenoxy) is 2. The Kier molecular flexibility index (Phi) is 9.37. The maximum atomic E-state index is 5.46. The van der Waals surface area contributed by atoms with Crippen molar-refractivity contribution in [1.82, 2.24) is 15.5 Å². The number of morpholine rings is 1. The number of methoxy groups -OCH3 is 1. The predicted molar refractivity (Wildman–Crippen MR) is 86.9 cm³/mol. The lowest BCUT2D eigenvalue weighted by atomic mass is 10.0. The van der Waals surface area contributed by atoms with Crippen molar-refractivity contribution in [2.75, 3.05) is 60.2 Å². The fraction of sp³-hybridized carbons (Fsp3) is 0.933. The summed E-state index contributed by atoms with van der Waals surface area (Å²) in [5.41, 5.74) is 0. The number of nitrogens with zero attached hydrogens (tertiary/aromatic N) is 2. The van der Waals surface area contributed by atoms with Gasteiger partial charge in [-0.15, -0.1) is 0 Å². The van der Waals surface area contributed by atoms with Crippen LogP contribution in [0.5, 0.6) is 0 Å². The Labute approximate surface area is 129 Å². The molecule has 1 saturated heterocycles. The second-order valence-electron chi connectivity index (χ2n) is 5.80. The molecule has 2 N–H and O–H groups in total. The van der Waals surface area contributed by atoms with Crippen molar-refractivity contribution in [2.45, 2.75) is 26.3 Å². The largest absolute Gasteiger partial charge is 0.383 e. The lowest BCUT2D eigenvalue weighted by molar-refractivity contribution is 0.0132. The van der Waals surface area contributed by atoms with E-state index in [-0.39, 0.29) is 0 Å². The Morgan fingerprint density at radius 2 is 2.00 bits per heavy atom. The van der Waals surface area contributed by atoms with Gasteiger partial charge in [0.25, 0.3) is 0 Å². The van der Waals surface area contributed by atoms with E-state index in [0.29, 0.717) is 18.6 Å². The van der Waals surface area contributed by atoms with Crippen molar-refractivity contribution in [2.24, 2.45) is 10.9 Å². The Morgan fingerprint density at radius 1 is 1.29 bits per heavy atom. The molecule has 124 valence electrons. The molecule has 1 aliphatic rings. The first-order valence-electron chi connectivity index (χ1n) is 7.92. The minimum absolute atomic E-state index is 0.523. The highest BCUT2D eigenvalue weighted by Crippen LogP contribution is 2.12. The maximum Gasteiger partial charge on any atom is 0.191 e. The quantitative estimate of drug-likeness (QED) is 0.389. The normalized spacial score (nSPS) is 18.8. The van der Waals surface area contributed by atoms with Gasteiger partial charge in [0.05, 0.1) is 19.8 Å². The van der Waals surface area contributed by atoms with Gasteiger partial charge >= 0.3 is 0 Å². The van der Waals surface area contributed by atoms with Crippen LogP contribution in [-0.4, -0.2) is 77.1 Å². The molecule has 0 aromatic carbocycles. The Balaban J connectivity index is 2.43. The minimum Gasteiger partial charge on any atom is -0.383 e. The lowest BCUT2D eigenvalue weighted by Crippen LogP contribution is -2.51. The van der Waals surface area contributed by atoms with Gasteiger partial charge in [0.1, 0.15) is 0 Å². The highest BCUT2D eigenvalue weighted by Gasteiger charge is 2.22. The summed E-state index contributed by atoms with van der Waals surface area (Å²) in [7, 11) is 3.50. The highest BCUT2D eigenvalue weighted by atomic mass is 16.5. The zero-order valence-electron chi connectivity index (χ0n) is 14.0. The summed E-state index contributed by atoms with van der Waals surface area (Å²) >= 11 is 0. The molecular weight excluding hydrogens is 268 g/mol. The molecule has 0 amide bonds. The molecule has 1 atom stereocenters. The smallest absolute Gasteiger partial charge is 0.191 e. The van der Waals surface area contributed by atoms with Crippen LogP contribution in [0.1, 0.15) is 20.3 Å². The van der Waals surface area contributed by atoms with Crippen LogP contribution < -0.4 is 10.6 Å². The number of nitrogens with one attached hydrogen (secondary N) is 2. The van der Waals surface area contributed by atoms with Gasteiger partial charge in [-0.1, -0.05) is 13.8 Å². The second kappa shape index (κ2) is 10.8. The summed E-state index contributed by atoms with van der Waals surface area (Å²) in [5.74, 6) is 1.53. The summed E-state index contributed by atoms with van der Waals surface area (Å²) in [6.45, 7) is 10.6. The van der Waals surface area contributed by atoms with Crippen LogP contribution in [0.15, 0.2) is 4.99 Å². The van der Waals surface area contributed by atoms with E-state index < -0.39 is 0 Å². The standard InChI is InChI=1S/C15H32N4O2/c1-13(2)11-14(19-6-9-21-10-7-19)12-18-15(16-3)17-5-8-20-4/h13-14H,5-12H2,1-4H3,(H2,16,17,18). The van der Waals surface area contributed by atoms with E-state index >= 15 is 0 Å². The van der Waals surface area contributed by atoms with Crippen molar-refractivity contribution < 1.29 is 9.47 Å². The molecule has 1 fully saturated rings. The minimum atomic E-state index is 0.523. The van der Waals surface area contributed by atoms with Crippen molar-refractivity contribution in [1.29, 1.82) is 0 Å². The molecule has 6 nitrogen and oxygen atoms in total. The molecule has 6 heteroatoms. The maximum absolute atomic E-state index is 5.46. The van der Waals surface area contributed by atoms with Gasteiger partial charge in [0, 0.05) is 46.4 Å². The van der Waals surface area contributed by atoms with Gasteiger partial charge in [-0.3, -0.25) is 9.89 Å². The van der Waals surface area contributed by atoms with Gasteiger partial charge in [-0.2, -0.15) is 0 Å². The SMILES string of the molecule is CN=C(NCCOC)NCC(CC(C)C)N1CCOCC1. The zero-order chi connectivity index (χ0) is 15.5. The monoisotopic (exact) mass is 300 g/mol.